The molecule has 0 saturated heterocycles. The normalized spacial score (nSPS) is 10.3. The van der Waals surface area contributed by atoms with Crippen LogP contribution in [0.1, 0.15) is 103 Å². The molecule has 0 saturated carbocycles. The fourth-order valence-electron chi connectivity index (χ4n) is 3.46. The number of carboxylic acid groups (broad SMARTS) is 2. The van der Waals surface area contributed by atoms with Gasteiger partial charge in [0.1, 0.15) is 0 Å². The van der Waals surface area contributed by atoms with Gasteiger partial charge in [0, 0.05) is 12.4 Å². The van der Waals surface area contributed by atoms with E-state index in [1.54, 1.807) is 0 Å². The van der Waals surface area contributed by atoms with Crippen molar-refractivity contribution >= 4 is 11.9 Å². The summed E-state index contributed by atoms with van der Waals surface area (Å²) in [4.78, 5) is 25.4. The molecule has 0 aliphatic carbocycles. The van der Waals surface area contributed by atoms with Gasteiger partial charge in [-0.25, -0.2) is 9.59 Å². The van der Waals surface area contributed by atoms with Gasteiger partial charge >= 0.3 is 11.9 Å². The monoisotopic (exact) mass is 427 g/mol. The summed E-state index contributed by atoms with van der Waals surface area (Å²) in [6.07, 6.45) is 19.1. The number of benzene rings is 1. The highest BCUT2D eigenvalue weighted by atomic mass is 16.4. The molecule has 31 heavy (non-hydrogen) atoms. The highest BCUT2D eigenvalue weighted by molar-refractivity contribution is 5.96. The van der Waals surface area contributed by atoms with Gasteiger partial charge in [-0.2, -0.15) is 0 Å². The molecule has 1 aromatic heterocycles. The maximum Gasteiger partial charge on any atom is 0.335 e. The second-order valence-corrected chi connectivity index (χ2v) is 7.88. The van der Waals surface area contributed by atoms with Crippen LogP contribution >= 0.6 is 0 Å². The zero-order chi connectivity index (χ0) is 22.9. The van der Waals surface area contributed by atoms with Gasteiger partial charge in [-0.1, -0.05) is 76.8 Å². The van der Waals surface area contributed by atoms with Gasteiger partial charge in [0.15, 0.2) is 0 Å². The molecule has 0 aliphatic heterocycles. The predicted octanol–water partition coefficient (Wildman–Crippen LogP) is 6.94. The average molecular weight is 428 g/mol. The van der Waals surface area contributed by atoms with Crippen molar-refractivity contribution in [2.24, 2.45) is 0 Å². The van der Waals surface area contributed by atoms with Crippen LogP contribution in [0.4, 0.5) is 0 Å². The minimum absolute atomic E-state index is 0.0277. The third-order valence-electron chi connectivity index (χ3n) is 5.34. The number of rotatable bonds is 13. The maximum atomic E-state index is 10.6. The topological polar surface area (TPSA) is 87.5 Å². The van der Waals surface area contributed by atoms with Gasteiger partial charge in [0.2, 0.25) is 0 Å². The van der Waals surface area contributed by atoms with Crippen molar-refractivity contribution < 1.29 is 19.8 Å². The number of carboxylic acids is 2. The van der Waals surface area contributed by atoms with Gasteiger partial charge in [-0.15, -0.1) is 0 Å². The number of aromatic nitrogens is 1. The van der Waals surface area contributed by atoms with Crippen LogP contribution in [0, 0.1) is 6.92 Å². The Bertz CT molecular complexity index is 742. The van der Waals surface area contributed by atoms with Crippen LogP contribution in [0.5, 0.6) is 0 Å². The number of hydrogen-bond acceptors (Lipinski definition) is 3. The van der Waals surface area contributed by atoms with E-state index in [0.29, 0.717) is 0 Å². The molecule has 0 bridgehead atoms. The van der Waals surface area contributed by atoms with Crippen LogP contribution < -0.4 is 0 Å². The van der Waals surface area contributed by atoms with E-state index in [2.05, 4.69) is 18.0 Å². The molecule has 0 amide bonds. The fourth-order valence-corrected chi connectivity index (χ4v) is 3.46. The lowest BCUT2D eigenvalue weighted by molar-refractivity contribution is 0.0696. The Morgan fingerprint density at radius 3 is 1.74 bits per heavy atom. The van der Waals surface area contributed by atoms with Crippen LogP contribution in [0.25, 0.3) is 0 Å². The van der Waals surface area contributed by atoms with Crippen molar-refractivity contribution in [2.45, 2.75) is 84.5 Å². The maximum absolute atomic E-state index is 10.6. The number of unbranched alkanes of at least 4 members (excludes halogenated alkanes) is 9. The SMILES string of the molecule is CCCCCCCCCCCCc1cccnc1.Cc1c(C(=O)O)cccc1C(=O)O. The molecule has 0 aliphatic rings. The van der Waals surface area contributed by atoms with Crippen molar-refractivity contribution in [3.05, 3.63) is 65.0 Å². The van der Waals surface area contributed by atoms with Crippen LogP contribution in [-0.2, 0) is 6.42 Å². The van der Waals surface area contributed by atoms with Crippen LogP contribution in [0.15, 0.2) is 42.7 Å². The molecule has 170 valence electrons. The number of pyridine rings is 1. The van der Waals surface area contributed by atoms with E-state index < -0.39 is 11.9 Å². The van der Waals surface area contributed by atoms with E-state index in [4.69, 9.17) is 10.2 Å². The number of aryl methyl sites for hydroxylation is 1. The van der Waals surface area contributed by atoms with E-state index in [1.165, 1.54) is 101 Å². The third-order valence-corrected chi connectivity index (χ3v) is 5.34. The van der Waals surface area contributed by atoms with Gasteiger partial charge in [-0.05, 0) is 49.1 Å². The van der Waals surface area contributed by atoms with Crippen molar-refractivity contribution in [1.29, 1.82) is 0 Å². The van der Waals surface area contributed by atoms with Crippen LogP contribution in [0.2, 0.25) is 0 Å². The Morgan fingerprint density at radius 1 is 0.774 bits per heavy atom. The average Bonchev–Trinajstić information content (AvgIpc) is 2.76. The lowest BCUT2D eigenvalue weighted by atomic mass is 10.0. The molecule has 0 atom stereocenters. The molecule has 0 spiro atoms. The van der Waals surface area contributed by atoms with Gasteiger partial charge < -0.3 is 10.2 Å². The van der Waals surface area contributed by atoms with Gasteiger partial charge in [0.05, 0.1) is 11.1 Å². The van der Waals surface area contributed by atoms with Crippen LogP contribution in [0.3, 0.4) is 0 Å². The highest BCUT2D eigenvalue weighted by Crippen LogP contribution is 2.14. The summed E-state index contributed by atoms with van der Waals surface area (Å²) in [6.45, 7) is 3.76. The third kappa shape index (κ3) is 11.3. The largest absolute Gasteiger partial charge is 0.478 e. The van der Waals surface area contributed by atoms with Crippen molar-refractivity contribution in [2.75, 3.05) is 0 Å². The quantitative estimate of drug-likeness (QED) is 0.338. The zero-order valence-corrected chi connectivity index (χ0v) is 19.0. The smallest absolute Gasteiger partial charge is 0.335 e. The first kappa shape index (κ1) is 26.3. The molecule has 1 heterocycles. The summed E-state index contributed by atoms with van der Waals surface area (Å²) in [7, 11) is 0. The van der Waals surface area contributed by atoms with Crippen LogP contribution in [-0.4, -0.2) is 27.1 Å². The highest BCUT2D eigenvalue weighted by Gasteiger charge is 2.13. The molecular weight excluding hydrogens is 390 g/mol. The lowest BCUT2D eigenvalue weighted by Crippen LogP contribution is -2.06. The first-order valence-corrected chi connectivity index (χ1v) is 11.4. The minimum Gasteiger partial charge on any atom is -0.478 e. The Labute approximate surface area is 186 Å². The Hall–Kier alpha value is -2.69. The number of aromatic carboxylic acids is 2. The minimum atomic E-state index is -1.11. The van der Waals surface area contributed by atoms with Gasteiger partial charge in [0.25, 0.3) is 0 Å². The molecule has 5 nitrogen and oxygen atoms in total. The summed E-state index contributed by atoms with van der Waals surface area (Å²) < 4.78 is 0. The Balaban J connectivity index is 0.000000327. The molecule has 0 fully saturated rings. The van der Waals surface area contributed by atoms with E-state index in [1.807, 2.05) is 18.5 Å². The molecule has 0 radical (unpaired) electrons. The summed E-state index contributed by atoms with van der Waals surface area (Å²) in [5, 5.41) is 17.4. The lowest BCUT2D eigenvalue weighted by Gasteiger charge is -2.03. The number of carbonyl (C=O) groups is 2. The van der Waals surface area contributed by atoms with Crippen molar-refractivity contribution in [3.63, 3.8) is 0 Å². The molecule has 1 aromatic carbocycles. The second kappa shape index (κ2) is 16.1. The molecule has 5 heteroatoms. The Kier molecular flexibility index (Phi) is 13.6. The Morgan fingerprint density at radius 2 is 1.29 bits per heavy atom. The van der Waals surface area contributed by atoms with E-state index in [0.717, 1.165) is 0 Å². The fraction of sp³-hybridized carbons (Fsp3) is 0.500. The first-order chi connectivity index (χ1) is 15.0. The molecule has 2 aromatic rings. The zero-order valence-electron chi connectivity index (χ0n) is 19.0. The van der Waals surface area contributed by atoms with Crippen molar-refractivity contribution in [3.8, 4) is 0 Å². The molecule has 2 N–H and O–H groups in total. The van der Waals surface area contributed by atoms with E-state index >= 15 is 0 Å². The second-order valence-electron chi connectivity index (χ2n) is 7.88. The summed E-state index contributed by atoms with van der Waals surface area (Å²) >= 11 is 0. The standard InChI is InChI=1S/C17H29N.C9H8O4/c1-2-3-4-5-6-7-8-9-10-11-13-17-14-12-15-18-16-17;1-5-6(8(10)11)3-2-4-7(5)9(12)13/h12,14-16H,2-11,13H2,1H3;2-4H,1H3,(H,10,11)(H,12,13). The number of hydrogen-bond donors (Lipinski definition) is 2. The molecule has 2 rings (SSSR count). The summed E-state index contributed by atoms with van der Waals surface area (Å²) in [5.41, 5.74) is 1.72. The van der Waals surface area contributed by atoms with Crippen molar-refractivity contribution in [1.82, 2.24) is 4.98 Å². The summed E-state index contributed by atoms with van der Waals surface area (Å²) in [5.74, 6) is -2.22. The first-order valence-electron chi connectivity index (χ1n) is 11.4. The predicted molar refractivity (Wildman–Crippen MR) is 125 cm³/mol. The van der Waals surface area contributed by atoms with E-state index in [-0.39, 0.29) is 16.7 Å². The number of nitrogens with zero attached hydrogens (tertiary/aromatic N) is 1. The van der Waals surface area contributed by atoms with E-state index in [9.17, 15) is 9.59 Å². The molecule has 0 unspecified atom stereocenters. The summed E-state index contributed by atoms with van der Waals surface area (Å²) in [6, 6.07) is 8.39. The molecular formula is C26H37NO4. The van der Waals surface area contributed by atoms with Gasteiger partial charge in [-0.3, -0.25) is 4.98 Å².